The van der Waals surface area contributed by atoms with Crippen LogP contribution in [0.3, 0.4) is 0 Å². The molecule has 2 atom stereocenters. The number of benzene rings is 1. The lowest BCUT2D eigenvalue weighted by Gasteiger charge is -2.08. The quantitative estimate of drug-likeness (QED) is 0.935. The van der Waals surface area contributed by atoms with Crippen LogP contribution < -0.4 is 10.9 Å². The molecule has 0 amide bonds. The molecule has 1 fully saturated rings. The van der Waals surface area contributed by atoms with E-state index in [0.717, 1.165) is 12.2 Å². The Balaban J connectivity index is 1.62. The third-order valence-corrected chi connectivity index (χ3v) is 4.55. The lowest BCUT2D eigenvalue weighted by atomic mass is 10.1. The summed E-state index contributed by atoms with van der Waals surface area (Å²) in [6, 6.07) is 10.6. The molecule has 1 saturated carbocycles. The third kappa shape index (κ3) is 2.63. The zero-order chi connectivity index (χ0) is 14.1. The highest BCUT2D eigenvalue weighted by Crippen LogP contribution is 2.47. The molecule has 0 saturated heterocycles. The second-order valence-electron chi connectivity index (χ2n) is 5.19. The molecule has 0 bridgehead atoms. The number of anilines is 1. The van der Waals surface area contributed by atoms with E-state index in [2.05, 4.69) is 50.6 Å². The molecule has 1 N–H and O–H groups in total. The molecule has 2 unspecified atom stereocenters. The minimum atomic E-state index is -0.120. The summed E-state index contributed by atoms with van der Waals surface area (Å²) in [6.07, 6.45) is 2.89. The molecular weight excluding hydrogens is 318 g/mol. The van der Waals surface area contributed by atoms with Crippen molar-refractivity contribution in [3.05, 3.63) is 56.9 Å². The first-order chi connectivity index (χ1) is 9.66. The van der Waals surface area contributed by atoms with Crippen LogP contribution in [0.1, 0.15) is 17.9 Å². The molecule has 1 aromatic carbocycles. The second-order valence-corrected chi connectivity index (χ2v) is 5.99. The van der Waals surface area contributed by atoms with Crippen LogP contribution in [0.15, 0.2) is 45.8 Å². The summed E-state index contributed by atoms with van der Waals surface area (Å²) in [6.45, 7) is 0.868. The maximum atomic E-state index is 11.7. The van der Waals surface area contributed by atoms with Gasteiger partial charge in [-0.25, -0.2) is 4.68 Å². The maximum absolute atomic E-state index is 11.7. The van der Waals surface area contributed by atoms with Crippen LogP contribution in [-0.2, 0) is 7.05 Å². The first kappa shape index (κ1) is 13.4. The summed E-state index contributed by atoms with van der Waals surface area (Å²) in [5, 5.41) is 7.35. The molecular formula is C15H16BrN3O. The number of aromatic nitrogens is 2. The van der Waals surface area contributed by atoms with Gasteiger partial charge in [0.15, 0.2) is 0 Å². The molecule has 2 aromatic rings. The van der Waals surface area contributed by atoms with E-state index >= 15 is 0 Å². The monoisotopic (exact) mass is 333 g/mol. The van der Waals surface area contributed by atoms with Gasteiger partial charge in [0.05, 0.1) is 11.9 Å². The summed E-state index contributed by atoms with van der Waals surface area (Å²) < 4.78 is 1.87. The molecule has 0 spiro atoms. The van der Waals surface area contributed by atoms with Crippen molar-refractivity contribution >= 4 is 21.6 Å². The zero-order valence-corrected chi connectivity index (χ0v) is 12.8. The SMILES string of the molecule is Cn1ncc(NCC2CC2c2ccccc2)c(Br)c1=O. The molecule has 3 rings (SSSR count). The van der Waals surface area contributed by atoms with Gasteiger partial charge in [0, 0.05) is 13.6 Å². The zero-order valence-electron chi connectivity index (χ0n) is 11.2. The van der Waals surface area contributed by atoms with E-state index in [1.807, 2.05) is 6.07 Å². The van der Waals surface area contributed by atoms with Crippen molar-refractivity contribution in [3.8, 4) is 0 Å². The number of hydrogen-bond acceptors (Lipinski definition) is 3. The highest BCUT2D eigenvalue weighted by molar-refractivity contribution is 9.10. The average Bonchev–Trinajstić information content (AvgIpc) is 3.25. The molecule has 1 aliphatic rings. The van der Waals surface area contributed by atoms with Gasteiger partial charge in [-0.3, -0.25) is 4.79 Å². The summed E-state index contributed by atoms with van der Waals surface area (Å²) >= 11 is 3.33. The minimum absolute atomic E-state index is 0.120. The molecule has 1 aromatic heterocycles. The number of nitrogens with one attached hydrogen (secondary N) is 1. The fraction of sp³-hybridized carbons (Fsp3) is 0.333. The smallest absolute Gasteiger partial charge is 0.282 e. The Morgan fingerprint density at radius 3 is 2.90 bits per heavy atom. The standard InChI is InChI=1S/C15H16BrN3O/c1-19-15(20)14(16)13(9-18-19)17-8-11-7-12(11)10-5-3-2-4-6-10/h2-6,9,11-12,17H,7-8H2,1H3. The van der Waals surface area contributed by atoms with E-state index in [9.17, 15) is 4.79 Å². The van der Waals surface area contributed by atoms with Crippen LogP contribution in [0, 0.1) is 5.92 Å². The number of halogens is 1. The molecule has 4 nitrogen and oxygen atoms in total. The van der Waals surface area contributed by atoms with Gasteiger partial charge in [-0.15, -0.1) is 0 Å². The summed E-state index contributed by atoms with van der Waals surface area (Å²) in [7, 11) is 1.64. The van der Waals surface area contributed by atoms with Crippen molar-refractivity contribution in [2.45, 2.75) is 12.3 Å². The van der Waals surface area contributed by atoms with E-state index in [-0.39, 0.29) is 5.56 Å². The van der Waals surface area contributed by atoms with Crippen molar-refractivity contribution in [2.24, 2.45) is 13.0 Å². The third-order valence-electron chi connectivity index (χ3n) is 3.78. The van der Waals surface area contributed by atoms with Gasteiger partial charge in [0.25, 0.3) is 5.56 Å². The molecule has 20 heavy (non-hydrogen) atoms. The van der Waals surface area contributed by atoms with Gasteiger partial charge in [0.1, 0.15) is 4.47 Å². The van der Waals surface area contributed by atoms with E-state index in [0.29, 0.717) is 16.3 Å². The minimum Gasteiger partial charge on any atom is -0.382 e. The highest BCUT2D eigenvalue weighted by atomic mass is 79.9. The fourth-order valence-corrected chi connectivity index (χ4v) is 2.96. The van der Waals surface area contributed by atoms with Crippen molar-refractivity contribution in [2.75, 3.05) is 11.9 Å². The van der Waals surface area contributed by atoms with Gasteiger partial charge in [-0.05, 0) is 39.8 Å². The number of nitrogens with zero attached hydrogens (tertiary/aromatic N) is 2. The normalized spacial score (nSPS) is 20.7. The molecule has 0 aliphatic heterocycles. The lowest BCUT2D eigenvalue weighted by Crippen LogP contribution is -2.21. The van der Waals surface area contributed by atoms with Crippen molar-refractivity contribution in [1.82, 2.24) is 9.78 Å². The lowest BCUT2D eigenvalue weighted by molar-refractivity contribution is 0.702. The van der Waals surface area contributed by atoms with Gasteiger partial charge in [-0.2, -0.15) is 5.10 Å². The van der Waals surface area contributed by atoms with Crippen LogP contribution in [0.4, 0.5) is 5.69 Å². The maximum Gasteiger partial charge on any atom is 0.282 e. The van der Waals surface area contributed by atoms with E-state index in [4.69, 9.17) is 0 Å². The van der Waals surface area contributed by atoms with Gasteiger partial charge in [0.2, 0.25) is 0 Å². The Kier molecular flexibility index (Phi) is 3.61. The van der Waals surface area contributed by atoms with Gasteiger partial charge < -0.3 is 5.32 Å². The Labute approximate surface area is 126 Å². The average molecular weight is 334 g/mol. The molecule has 5 heteroatoms. The second kappa shape index (κ2) is 5.40. The Bertz CT molecular complexity index is 669. The first-order valence-electron chi connectivity index (χ1n) is 6.67. The Hall–Kier alpha value is -1.62. The van der Waals surface area contributed by atoms with Crippen molar-refractivity contribution < 1.29 is 0 Å². The highest BCUT2D eigenvalue weighted by Gasteiger charge is 2.37. The van der Waals surface area contributed by atoms with Crippen LogP contribution in [0.25, 0.3) is 0 Å². The van der Waals surface area contributed by atoms with Crippen LogP contribution in [-0.4, -0.2) is 16.3 Å². The van der Waals surface area contributed by atoms with Gasteiger partial charge in [-0.1, -0.05) is 30.3 Å². The predicted molar refractivity (Wildman–Crippen MR) is 83.0 cm³/mol. The van der Waals surface area contributed by atoms with Crippen LogP contribution in [0.2, 0.25) is 0 Å². The van der Waals surface area contributed by atoms with E-state index in [1.54, 1.807) is 13.2 Å². The van der Waals surface area contributed by atoms with Crippen molar-refractivity contribution in [1.29, 1.82) is 0 Å². The fourth-order valence-electron chi connectivity index (χ4n) is 2.46. The molecule has 1 heterocycles. The summed E-state index contributed by atoms with van der Waals surface area (Å²) in [5.41, 5.74) is 2.05. The van der Waals surface area contributed by atoms with Gasteiger partial charge >= 0.3 is 0 Å². The largest absolute Gasteiger partial charge is 0.382 e. The summed E-state index contributed by atoms with van der Waals surface area (Å²) in [5.74, 6) is 1.27. The van der Waals surface area contributed by atoms with Crippen LogP contribution >= 0.6 is 15.9 Å². The summed E-state index contributed by atoms with van der Waals surface area (Å²) in [4.78, 5) is 11.7. The Morgan fingerprint density at radius 2 is 2.15 bits per heavy atom. The van der Waals surface area contributed by atoms with Crippen molar-refractivity contribution in [3.63, 3.8) is 0 Å². The molecule has 0 radical (unpaired) electrons. The first-order valence-corrected chi connectivity index (χ1v) is 7.46. The van der Waals surface area contributed by atoms with E-state index < -0.39 is 0 Å². The molecule has 104 valence electrons. The number of rotatable bonds is 4. The number of aryl methyl sites for hydroxylation is 1. The topological polar surface area (TPSA) is 46.9 Å². The number of hydrogen-bond donors (Lipinski definition) is 1. The Morgan fingerprint density at radius 1 is 1.40 bits per heavy atom. The molecule has 1 aliphatic carbocycles. The van der Waals surface area contributed by atoms with E-state index in [1.165, 1.54) is 16.7 Å². The van der Waals surface area contributed by atoms with Crippen LogP contribution in [0.5, 0.6) is 0 Å². The predicted octanol–water partition coefficient (Wildman–Crippen LogP) is 2.76.